The Bertz CT molecular complexity index is 999. The van der Waals surface area contributed by atoms with E-state index in [-0.39, 0.29) is 17.1 Å². The highest BCUT2D eigenvalue weighted by Crippen LogP contribution is 2.30. The zero-order valence-electron chi connectivity index (χ0n) is 12.5. The monoisotopic (exact) mass is 330 g/mol. The number of thiazole rings is 1. The first-order chi connectivity index (χ1) is 10.9. The standard InChI is InChI=1S/C15H14N4O3S/c1-18-12(16)11(14(21)19(2)15(18)22)10-7-23-13(17-10)8-3-5-9(20)6-4-8/h3-7,20H,16H2,1-2H3. The van der Waals surface area contributed by atoms with Crippen molar-refractivity contribution in [2.45, 2.75) is 0 Å². The van der Waals surface area contributed by atoms with Gasteiger partial charge in [0.15, 0.2) is 0 Å². The van der Waals surface area contributed by atoms with Gasteiger partial charge in [0.1, 0.15) is 22.1 Å². The lowest BCUT2D eigenvalue weighted by molar-refractivity contribution is 0.475. The topological polar surface area (TPSA) is 103 Å². The Hall–Kier alpha value is -2.87. The predicted molar refractivity (Wildman–Crippen MR) is 89.5 cm³/mol. The van der Waals surface area contributed by atoms with Crippen LogP contribution in [0, 0.1) is 0 Å². The second kappa shape index (κ2) is 5.40. The van der Waals surface area contributed by atoms with Gasteiger partial charge in [0.25, 0.3) is 5.56 Å². The summed E-state index contributed by atoms with van der Waals surface area (Å²) >= 11 is 1.35. The Balaban J connectivity index is 2.17. The van der Waals surface area contributed by atoms with Crippen molar-refractivity contribution in [2.24, 2.45) is 14.1 Å². The molecule has 7 nitrogen and oxygen atoms in total. The van der Waals surface area contributed by atoms with Crippen molar-refractivity contribution in [1.29, 1.82) is 0 Å². The SMILES string of the molecule is Cn1c(N)c(-c2csc(-c3ccc(O)cc3)n2)c(=O)n(C)c1=O. The van der Waals surface area contributed by atoms with Crippen LogP contribution < -0.4 is 17.0 Å². The molecule has 0 fully saturated rings. The quantitative estimate of drug-likeness (QED) is 0.734. The number of hydrogen-bond acceptors (Lipinski definition) is 6. The zero-order chi connectivity index (χ0) is 16.7. The van der Waals surface area contributed by atoms with Crippen LogP contribution in [0.2, 0.25) is 0 Å². The van der Waals surface area contributed by atoms with Crippen LogP contribution in [-0.2, 0) is 14.1 Å². The van der Waals surface area contributed by atoms with Gasteiger partial charge in [-0.15, -0.1) is 11.3 Å². The maximum atomic E-state index is 12.4. The summed E-state index contributed by atoms with van der Waals surface area (Å²) in [6.45, 7) is 0. The molecule has 2 aromatic heterocycles. The molecule has 3 N–H and O–H groups in total. The minimum Gasteiger partial charge on any atom is -0.508 e. The summed E-state index contributed by atoms with van der Waals surface area (Å²) in [6, 6.07) is 6.60. The van der Waals surface area contributed by atoms with E-state index in [2.05, 4.69) is 4.98 Å². The molecule has 1 aromatic carbocycles. The summed E-state index contributed by atoms with van der Waals surface area (Å²) < 4.78 is 2.22. The molecule has 118 valence electrons. The third-order valence-corrected chi connectivity index (χ3v) is 4.48. The highest BCUT2D eigenvalue weighted by Gasteiger charge is 2.18. The lowest BCUT2D eigenvalue weighted by Crippen LogP contribution is -2.39. The fourth-order valence-corrected chi connectivity index (χ4v) is 3.04. The fraction of sp³-hybridized carbons (Fsp3) is 0.133. The minimum absolute atomic E-state index is 0.0839. The van der Waals surface area contributed by atoms with Crippen molar-refractivity contribution < 1.29 is 5.11 Å². The Kier molecular flexibility index (Phi) is 3.53. The van der Waals surface area contributed by atoms with Crippen molar-refractivity contribution >= 4 is 17.2 Å². The first kappa shape index (κ1) is 15.0. The molecular weight excluding hydrogens is 316 g/mol. The lowest BCUT2D eigenvalue weighted by atomic mass is 10.2. The Morgan fingerprint density at radius 2 is 1.78 bits per heavy atom. The Labute approximate surface area is 134 Å². The van der Waals surface area contributed by atoms with Gasteiger partial charge in [-0.25, -0.2) is 9.78 Å². The van der Waals surface area contributed by atoms with Gasteiger partial charge in [-0.3, -0.25) is 13.9 Å². The van der Waals surface area contributed by atoms with Crippen LogP contribution in [0.1, 0.15) is 0 Å². The molecule has 3 aromatic rings. The van der Waals surface area contributed by atoms with E-state index in [1.54, 1.807) is 29.6 Å². The molecule has 0 bridgehead atoms. The van der Waals surface area contributed by atoms with Crippen molar-refractivity contribution in [2.75, 3.05) is 5.73 Å². The summed E-state index contributed by atoms with van der Waals surface area (Å²) in [4.78, 5) is 28.7. The predicted octanol–water partition coefficient (Wildman–Crippen LogP) is 1.16. The second-order valence-electron chi connectivity index (χ2n) is 5.05. The lowest BCUT2D eigenvalue weighted by Gasteiger charge is -2.09. The minimum atomic E-state index is -0.481. The summed E-state index contributed by atoms with van der Waals surface area (Å²) in [5.41, 5.74) is 6.42. The molecule has 0 radical (unpaired) electrons. The molecule has 8 heteroatoms. The van der Waals surface area contributed by atoms with E-state index in [0.29, 0.717) is 10.7 Å². The first-order valence-corrected chi connectivity index (χ1v) is 7.59. The van der Waals surface area contributed by atoms with Crippen LogP contribution in [0.15, 0.2) is 39.2 Å². The van der Waals surface area contributed by atoms with Gasteiger partial charge in [0, 0.05) is 25.0 Å². The molecule has 0 saturated heterocycles. The van der Waals surface area contributed by atoms with Gasteiger partial charge in [-0.2, -0.15) is 0 Å². The van der Waals surface area contributed by atoms with Crippen molar-refractivity contribution in [1.82, 2.24) is 14.1 Å². The third-order valence-electron chi connectivity index (χ3n) is 3.58. The number of nitrogens with two attached hydrogens (primary N) is 1. The summed E-state index contributed by atoms with van der Waals surface area (Å²) in [7, 11) is 2.91. The smallest absolute Gasteiger partial charge is 0.332 e. The van der Waals surface area contributed by atoms with E-state index >= 15 is 0 Å². The van der Waals surface area contributed by atoms with Gasteiger partial charge in [-0.1, -0.05) is 0 Å². The van der Waals surface area contributed by atoms with E-state index in [4.69, 9.17) is 5.73 Å². The molecule has 0 atom stereocenters. The number of nitrogen functional groups attached to an aromatic ring is 1. The molecular formula is C15H14N4O3S. The number of aromatic hydroxyl groups is 1. The summed E-state index contributed by atoms with van der Waals surface area (Å²) in [6.07, 6.45) is 0. The number of phenolic OH excluding ortho intramolecular Hbond substituents is 1. The highest BCUT2D eigenvalue weighted by atomic mass is 32.1. The summed E-state index contributed by atoms with van der Waals surface area (Å²) in [5, 5.41) is 11.7. The number of hydrogen-bond donors (Lipinski definition) is 2. The van der Waals surface area contributed by atoms with Gasteiger partial charge in [-0.05, 0) is 24.3 Å². The summed E-state index contributed by atoms with van der Waals surface area (Å²) in [5.74, 6) is 0.252. The molecule has 0 spiro atoms. The van der Waals surface area contributed by atoms with E-state index in [9.17, 15) is 14.7 Å². The second-order valence-corrected chi connectivity index (χ2v) is 5.91. The van der Waals surface area contributed by atoms with Gasteiger partial charge >= 0.3 is 5.69 Å². The van der Waals surface area contributed by atoms with E-state index in [0.717, 1.165) is 10.1 Å². The zero-order valence-corrected chi connectivity index (χ0v) is 13.3. The van der Waals surface area contributed by atoms with Gasteiger partial charge < -0.3 is 10.8 Å². The largest absolute Gasteiger partial charge is 0.508 e. The number of benzene rings is 1. The molecule has 0 amide bonds. The van der Waals surface area contributed by atoms with E-state index in [1.165, 1.54) is 30.0 Å². The average molecular weight is 330 g/mol. The average Bonchev–Trinajstić information content (AvgIpc) is 3.01. The molecule has 0 saturated carbocycles. The van der Waals surface area contributed by atoms with Crippen LogP contribution in [0.5, 0.6) is 5.75 Å². The molecule has 2 heterocycles. The van der Waals surface area contributed by atoms with Gasteiger partial charge in [0.05, 0.1) is 5.69 Å². The van der Waals surface area contributed by atoms with Gasteiger partial charge in [0.2, 0.25) is 0 Å². The molecule has 3 rings (SSSR count). The molecule has 0 aliphatic heterocycles. The van der Waals surface area contributed by atoms with Crippen LogP contribution in [-0.4, -0.2) is 19.2 Å². The molecule has 23 heavy (non-hydrogen) atoms. The maximum Gasteiger partial charge on any atom is 0.332 e. The number of nitrogens with zero attached hydrogens (tertiary/aromatic N) is 3. The van der Waals surface area contributed by atoms with Crippen molar-refractivity contribution in [3.8, 4) is 27.6 Å². The highest BCUT2D eigenvalue weighted by molar-refractivity contribution is 7.13. The normalized spacial score (nSPS) is 10.9. The van der Waals surface area contributed by atoms with Crippen LogP contribution in [0.4, 0.5) is 5.82 Å². The molecule has 0 unspecified atom stereocenters. The number of phenols is 1. The number of aromatic nitrogens is 3. The third kappa shape index (κ3) is 2.42. The number of anilines is 1. The van der Waals surface area contributed by atoms with E-state index < -0.39 is 11.2 Å². The number of rotatable bonds is 2. The van der Waals surface area contributed by atoms with Crippen molar-refractivity contribution in [3.63, 3.8) is 0 Å². The van der Waals surface area contributed by atoms with Crippen molar-refractivity contribution in [3.05, 3.63) is 50.5 Å². The fourth-order valence-electron chi connectivity index (χ4n) is 2.23. The Morgan fingerprint density at radius 3 is 2.43 bits per heavy atom. The maximum absolute atomic E-state index is 12.4. The van der Waals surface area contributed by atoms with E-state index in [1.807, 2.05) is 0 Å². The van der Waals surface area contributed by atoms with Crippen LogP contribution in [0.25, 0.3) is 21.8 Å². The molecule has 0 aliphatic carbocycles. The first-order valence-electron chi connectivity index (χ1n) is 6.71. The van der Waals surface area contributed by atoms with Crippen LogP contribution >= 0.6 is 11.3 Å². The molecule has 0 aliphatic rings. The van der Waals surface area contributed by atoms with Crippen LogP contribution in [0.3, 0.4) is 0 Å². The Morgan fingerprint density at radius 1 is 1.13 bits per heavy atom.